The number of para-hydroxylation sites is 1. The molecule has 0 bridgehead atoms. The molecule has 1 unspecified atom stereocenters. The molecule has 1 amide bonds. The molecule has 1 aliphatic rings. The van der Waals surface area contributed by atoms with Crippen molar-refractivity contribution < 1.29 is 13.7 Å². The fraction of sp³-hybridized carbons (Fsp3) is 0.238. The number of rotatable bonds is 5. The quantitative estimate of drug-likeness (QED) is 0.748. The molecule has 1 N–H and O–H groups in total. The van der Waals surface area contributed by atoms with Crippen LogP contribution in [0.4, 0.5) is 10.1 Å². The first kappa shape index (κ1) is 17.3. The van der Waals surface area contributed by atoms with Crippen LogP contribution in [-0.2, 0) is 0 Å². The Balaban J connectivity index is 1.33. The third-order valence-electron chi connectivity index (χ3n) is 4.81. The van der Waals surface area contributed by atoms with Crippen molar-refractivity contribution >= 4 is 11.6 Å². The zero-order valence-electron chi connectivity index (χ0n) is 14.8. The van der Waals surface area contributed by atoms with Gasteiger partial charge in [0, 0.05) is 37.0 Å². The maximum atomic E-state index is 13.3. The number of carbonyl (C=O) groups excluding carboxylic acids is 1. The number of nitrogens with one attached hydrogen (secondary N) is 1. The first-order chi connectivity index (χ1) is 13.2. The van der Waals surface area contributed by atoms with E-state index >= 15 is 0 Å². The minimum Gasteiger partial charge on any atom is -0.371 e. The summed E-state index contributed by atoms with van der Waals surface area (Å²) in [7, 11) is 0. The van der Waals surface area contributed by atoms with E-state index in [-0.39, 0.29) is 17.5 Å². The van der Waals surface area contributed by atoms with Crippen LogP contribution in [0.2, 0.25) is 0 Å². The Morgan fingerprint density at radius 3 is 2.85 bits per heavy atom. The number of halogens is 1. The molecule has 1 saturated heterocycles. The topological polar surface area (TPSA) is 58.4 Å². The summed E-state index contributed by atoms with van der Waals surface area (Å²) in [5.74, 6) is -0.138. The average molecular weight is 365 g/mol. The van der Waals surface area contributed by atoms with Gasteiger partial charge in [-0.3, -0.25) is 4.79 Å². The van der Waals surface area contributed by atoms with Crippen LogP contribution in [0.3, 0.4) is 0 Å². The maximum Gasteiger partial charge on any atom is 0.289 e. The average Bonchev–Trinajstić information content (AvgIpc) is 3.37. The van der Waals surface area contributed by atoms with Gasteiger partial charge in [0.2, 0.25) is 5.76 Å². The maximum absolute atomic E-state index is 13.3. The Morgan fingerprint density at radius 2 is 2.04 bits per heavy atom. The molecule has 0 aliphatic carbocycles. The van der Waals surface area contributed by atoms with Crippen LogP contribution >= 0.6 is 0 Å². The molecular weight excluding hydrogens is 345 g/mol. The first-order valence-electron chi connectivity index (χ1n) is 9.00. The Bertz CT molecular complexity index is 926. The van der Waals surface area contributed by atoms with Crippen LogP contribution in [0.1, 0.15) is 17.0 Å². The third-order valence-corrected chi connectivity index (χ3v) is 4.81. The van der Waals surface area contributed by atoms with Gasteiger partial charge in [-0.2, -0.15) is 0 Å². The molecule has 0 spiro atoms. The van der Waals surface area contributed by atoms with E-state index in [4.69, 9.17) is 4.52 Å². The van der Waals surface area contributed by atoms with Gasteiger partial charge >= 0.3 is 0 Å². The molecule has 6 heteroatoms. The van der Waals surface area contributed by atoms with Crippen molar-refractivity contribution in [2.75, 3.05) is 24.5 Å². The lowest BCUT2D eigenvalue weighted by molar-refractivity contribution is 0.0911. The number of carbonyl (C=O) groups is 1. The molecule has 1 atom stereocenters. The lowest BCUT2D eigenvalue weighted by atomic mass is 10.1. The zero-order valence-corrected chi connectivity index (χ0v) is 14.8. The van der Waals surface area contributed by atoms with Crippen molar-refractivity contribution in [3.8, 4) is 11.3 Å². The van der Waals surface area contributed by atoms with Gasteiger partial charge in [0.1, 0.15) is 11.5 Å². The van der Waals surface area contributed by atoms with Gasteiger partial charge in [-0.25, -0.2) is 4.39 Å². The van der Waals surface area contributed by atoms with Crippen LogP contribution in [0.5, 0.6) is 0 Å². The summed E-state index contributed by atoms with van der Waals surface area (Å²) in [6, 6.07) is 17.8. The molecule has 2 heterocycles. The van der Waals surface area contributed by atoms with E-state index in [0.717, 1.165) is 19.5 Å². The number of benzene rings is 2. The molecule has 27 heavy (non-hydrogen) atoms. The van der Waals surface area contributed by atoms with Crippen molar-refractivity contribution in [3.63, 3.8) is 0 Å². The van der Waals surface area contributed by atoms with Crippen molar-refractivity contribution in [2.45, 2.75) is 6.42 Å². The number of hydrogen-bond donors (Lipinski definition) is 1. The lowest BCUT2D eigenvalue weighted by Gasteiger charge is -2.18. The van der Waals surface area contributed by atoms with Crippen molar-refractivity contribution in [2.24, 2.45) is 5.92 Å². The summed E-state index contributed by atoms with van der Waals surface area (Å²) in [6.45, 7) is 2.48. The van der Waals surface area contributed by atoms with Crippen molar-refractivity contribution in [1.29, 1.82) is 0 Å². The molecule has 1 aromatic heterocycles. The smallest absolute Gasteiger partial charge is 0.289 e. The first-order valence-corrected chi connectivity index (χ1v) is 9.00. The molecule has 1 aliphatic heterocycles. The third kappa shape index (κ3) is 4.00. The van der Waals surface area contributed by atoms with Crippen molar-refractivity contribution in [1.82, 2.24) is 10.5 Å². The summed E-state index contributed by atoms with van der Waals surface area (Å²) in [4.78, 5) is 14.7. The van der Waals surface area contributed by atoms with Gasteiger partial charge < -0.3 is 14.7 Å². The van der Waals surface area contributed by atoms with E-state index in [1.54, 1.807) is 12.1 Å². The molecular formula is C21H20FN3O2. The minimum atomic E-state index is -0.356. The Hall–Kier alpha value is -3.15. The standard InChI is InChI=1S/C21H20FN3O2/c22-17-6-4-5-16(11-17)19-12-20(27-24-19)21(26)23-13-15-9-10-25(14-15)18-7-2-1-3-8-18/h1-8,11-12,15H,9-10,13-14H2,(H,23,26). The zero-order chi connectivity index (χ0) is 18.6. The van der Waals surface area contributed by atoms with Crippen LogP contribution < -0.4 is 10.2 Å². The largest absolute Gasteiger partial charge is 0.371 e. The number of hydrogen-bond acceptors (Lipinski definition) is 4. The van der Waals surface area contributed by atoms with Crippen LogP contribution in [0, 0.1) is 11.7 Å². The van der Waals surface area contributed by atoms with Gasteiger partial charge in [-0.1, -0.05) is 35.5 Å². The SMILES string of the molecule is O=C(NCC1CCN(c2ccccc2)C1)c1cc(-c2cccc(F)c2)no1. The van der Waals surface area contributed by atoms with Gasteiger partial charge in [0.05, 0.1) is 0 Å². The van der Waals surface area contributed by atoms with E-state index in [2.05, 4.69) is 27.5 Å². The Labute approximate surface area is 156 Å². The molecule has 0 saturated carbocycles. The summed E-state index contributed by atoms with van der Waals surface area (Å²) in [6.07, 6.45) is 1.03. The second-order valence-corrected chi connectivity index (χ2v) is 6.73. The highest BCUT2D eigenvalue weighted by Gasteiger charge is 2.24. The van der Waals surface area contributed by atoms with Gasteiger partial charge in [-0.05, 0) is 36.6 Å². The fourth-order valence-electron chi connectivity index (χ4n) is 3.36. The van der Waals surface area contributed by atoms with Gasteiger partial charge in [0.15, 0.2) is 0 Å². The van der Waals surface area contributed by atoms with E-state index < -0.39 is 0 Å². The number of aromatic nitrogens is 1. The molecule has 4 rings (SSSR count). The molecule has 138 valence electrons. The Kier molecular flexibility index (Phi) is 4.87. The normalized spacial score (nSPS) is 16.5. The van der Waals surface area contributed by atoms with Crippen molar-refractivity contribution in [3.05, 3.63) is 72.2 Å². The second kappa shape index (κ2) is 7.61. The van der Waals surface area contributed by atoms with Gasteiger partial charge in [-0.15, -0.1) is 0 Å². The summed E-state index contributed by atoms with van der Waals surface area (Å²) in [5, 5.41) is 6.79. The Morgan fingerprint density at radius 1 is 1.19 bits per heavy atom. The monoisotopic (exact) mass is 365 g/mol. The highest BCUT2D eigenvalue weighted by Crippen LogP contribution is 2.23. The van der Waals surface area contributed by atoms with E-state index in [1.165, 1.54) is 23.9 Å². The van der Waals surface area contributed by atoms with Crippen LogP contribution in [0.25, 0.3) is 11.3 Å². The number of amides is 1. The number of anilines is 1. The molecule has 2 aromatic carbocycles. The van der Waals surface area contributed by atoms with E-state index in [0.29, 0.717) is 23.7 Å². The summed E-state index contributed by atoms with van der Waals surface area (Å²) >= 11 is 0. The summed E-state index contributed by atoms with van der Waals surface area (Å²) in [5.41, 5.74) is 2.23. The van der Waals surface area contributed by atoms with E-state index in [1.807, 2.05) is 18.2 Å². The molecule has 0 radical (unpaired) electrons. The fourth-order valence-corrected chi connectivity index (χ4v) is 3.36. The number of nitrogens with zero attached hydrogens (tertiary/aromatic N) is 2. The van der Waals surface area contributed by atoms with E-state index in [9.17, 15) is 9.18 Å². The molecule has 3 aromatic rings. The lowest BCUT2D eigenvalue weighted by Crippen LogP contribution is -2.30. The molecule has 1 fully saturated rings. The van der Waals surface area contributed by atoms with Gasteiger partial charge in [0.25, 0.3) is 5.91 Å². The van der Waals surface area contributed by atoms with Crippen LogP contribution in [-0.4, -0.2) is 30.7 Å². The second-order valence-electron chi connectivity index (χ2n) is 6.73. The molecule has 5 nitrogen and oxygen atoms in total. The predicted molar refractivity (Wildman–Crippen MR) is 101 cm³/mol. The van der Waals surface area contributed by atoms with Crippen LogP contribution in [0.15, 0.2) is 65.2 Å². The predicted octanol–water partition coefficient (Wildman–Crippen LogP) is 3.74. The minimum absolute atomic E-state index is 0.132. The highest BCUT2D eigenvalue weighted by atomic mass is 19.1. The summed E-state index contributed by atoms with van der Waals surface area (Å²) < 4.78 is 18.5. The highest BCUT2D eigenvalue weighted by molar-refractivity contribution is 5.92.